The summed E-state index contributed by atoms with van der Waals surface area (Å²) in [5, 5.41) is 15.4. The first-order valence-corrected chi connectivity index (χ1v) is 10.5. The highest BCUT2D eigenvalue weighted by molar-refractivity contribution is 8.02. The lowest BCUT2D eigenvalue weighted by Crippen LogP contribution is -2.30. The van der Waals surface area contributed by atoms with Gasteiger partial charge in [0.25, 0.3) is 0 Å². The van der Waals surface area contributed by atoms with Crippen LogP contribution in [-0.2, 0) is 11.3 Å². The topological polar surface area (TPSA) is 76.1 Å². The van der Waals surface area contributed by atoms with Gasteiger partial charge in [-0.05, 0) is 42.8 Å². The van der Waals surface area contributed by atoms with Crippen LogP contribution < -0.4 is 15.4 Å². The van der Waals surface area contributed by atoms with E-state index in [4.69, 9.17) is 16.3 Å². The smallest absolute Gasteiger partial charge is 0.233 e. The SMILES string of the molecule is COc1ccc(Nc2nnc(S[C@H](C)C(=O)NCc3ccccc3Cl)s2)cc1. The lowest BCUT2D eigenvalue weighted by atomic mass is 10.2. The maximum Gasteiger partial charge on any atom is 0.233 e. The highest BCUT2D eigenvalue weighted by atomic mass is 35.5. The summed E-state index contributed by atoms with van der Waals surface area (Å²) < 4.78 is 5.86. The van der Waals surface area contributed by atoms with E-state index in [2.05, 4.69) is 20.8 Å². The number of hydrogen-bond donors (Lipinski definition) is 2. The van der Waals surface area contributed by atoms with Gasteiger partial charge in [0.05, 0.1) is 12.4 Å². The standard InChI is InChI=1S/C19H19ClN4O2S2/c1-12(17(25)21-11-13-5-3-4-6-16(13)20)27-19-24-23-18(28-19)22-14-7-9-15(26-2)10-8-14/h3-10,12H,11H2,1-2H3,(H,21,25)(H,22,23)/t12-/m1/s1. The number of halogens is 1. The zero-order valence-corrected chi connectivity index (χ0v) is 17.7. The van der Waals surface area contributed by atoms with Gasteiger partial charge < -0.3 is 15.4 Å². The third-order valence-corrected chi connectivity index (χ3v) is 6.20. The fourth-order valence-electron chi connectivity index (χ4n) is 2.28. The molecule has 3 rings (SSSR count). The molecule has 1 amide bonds. The molecular weight excluding hydrogens is 416 g/mol. The molecule has 0 saturated heterocycles. The average Bonchev–Trinajstić information content (AvgIpc) is 3.14. The zero-order chi connectivity index (χ0) is 19.9. The second kappa shape index (κ2) is 9.77. The van der Waals surface area contributed by atoms with Crippen molar-refractivity contribution in [3.05, 3.63) is 59.1 Å². The summed E-state index contributed by atoms with van der Waals surface area (Å²) in [5.41, 5.74) is 1.77. The summed E-state index contributed by atoms with van der Waals surface area (Å²) in [6, 6.07) is 15.0. The number of carbonyl (C=O) groups is 1. The molecule has 9 heteroatoms. The van der Waals surface area contributed by atoms with Crippen LogP contribution in [0.5, 0.6) is 5.75 Å². The molecule has 0 aliphatic heterocycles. The van der Waals surface area contributed by atoms with E-state index in [-0.39, 0.29) is 11.2 Å². The third-order valence-electron chi connectivity index (χ3n) is 3.81. The van der Waals surface area contributed by atoms with E-state index in [0.29, 0.717) is 16.7 Å². The summed E-state index contributed by atoms with van der Waals surface area (Å²) in [5.74, 6) is 0.709. The van der Waals surface area contributed by atoms with Crippen LogP contribution in [0.3, 0.4) is 0 Å². The molecule has 0 unspecified atom stereocenters. The molecule has 1 atom stereocenters. The third kappa shape index (κ3) is 5.60. The maximum atomic E-state index is 12.3. The lowest BCUT2D eigenvalue weighted by molar-refractivity contribution is -0.120. The van der Waals surface area contributed by atoms with Crippen LogP contribution in [0, 0.1) is 0 Å². The van der Waals surface area contributed by atoms with Crippen LogP contribution >= 0.6 is 34.7 Å². The first kappa shape index (κ1) is 20.4. The van der Waals surface area contributed by atoms with Crippen LogP contribution in [0.2, 0.25) is 5.02 Å². The van der Waals surface area contributed by atoms with Crippen molar-refractivity contribution in [2.24, 2.45) is 0 Å². The van der Waals surface area contributed by atoms with E-state index in [1.165, 1.54) is 23.1 Å². The Balaban J connectivity index is 1.52. The number of rotatable bonds is 8. The molecule has 0 bridgehead atoms. The fraction of sp³-hybridized carbons (Fsp3) is 0.211. The molecule has 0 aliphatic rings. The van der Waals surface area contributed by atoms with Crippen molar-refractivity contribution < 1.29 is 9.53 Å². The second-order valence-electron chi connectivity index (χ2n) is 5.80. The Morgan fingerprint density at radius 1 is 1.21 bits per heavy atom. The van der Waals surface area contributed by atoms with Gasteiger partial charge in [0, 0.05) is 17.3 Å². The van der Waals surface area contributed by atoms with E-state index >= 15 is 0 Å². The molecule has 6 nitrogen and oxygen atoms in total. The monoisotopic (exact) mass is 434 g/mol. The van der Waals surface area contributed by atoms with Gasteiger partial charge in [-0.1, -0.05) is 52.9 Å². The minimum absolute atomic E-state index is 0.0789. The molecule has 0 radical (unpaired) electrons. The van der Waals surface area contributed by atoms with Gasteiger partial charge in [-0.25, -0.2) is 0 Å². The number of carbonyl (C=O) groups excluding carboxylic acids is 1. The average molecular weight is 435 g/mol. The largest absolute Gasteiger partial charge is 0.497 e. The molecule has 0 fully saturated rings. The zero-order valence-electron chi connectivity index (χ0n) is 15.3. The molecule has 1 heterocycles. The highest BCUT2D eigenvalue weighted by Crippen LogP contribution is 2.30. The van der Waals surface area contributed by atoms with E-state index in [9.17, 15) is 4.79 Å². The number of anilines is 2. The Kier molecular flexibility index (Phi) is 7.13. The number of amides is 1. The van der Waals surface area contributed by atoms with E-state index in [1.54, 1.807) is 13.2 Å². The van der Waals surface area contributed by atoms with Gasteiger partial charge >= 0.3 is 0 Å². The number of methoxy groups -OCH3 is 1. The summed E-state index contributed by atoms with van der Waals surface area (Å²) >= 11 is 8.88. The van der Waals surface area contributed by atoms with Crippen LogP contribution in [0.15, 0.2) is 52.9 Å². The van der Waals surface area contributed by atoms with Crippen molar-refractivity contribution in [3.8, 4) is 5.75 Å². The van der Waals surface area contributed by atoms with Gasteiger partial charge in [-0.3, -0.25) is 4.79 Å². The summed E-state index contributed by atoms with van der Waals surface area (Å²) in [4.78, 5) is 12.3. The molecule has 0 saturated carbocycles. The summed E-state index contributed by atoms with van der Waals surface area (Å²) in [7, 11) is 1.63. The number of aromatic nitrogens is 2. The molecule has 146 valence electrons. The Morgan fingerprint density at radius 2 is 1.96 bits per heavy atom. The number of nitrogens with one attached hydrogen (secondary N) is 2. The summed E-state index contributed by atoms with van der Waals surface area (Å²) in [6.45, 7) is 2.23. The van der Waals surface area contributed by atoms with Crippen LogP contribution in [0.25, 0.3) is 0 Å². The molecule has 2 N–H and O–H groups in total. The Labute approximate surface area is 176 Å². The Bertz CT molecular complexity index is 934. The molecule has 3 aromatic rings. The van der Waals surface area contributed by atoms with Crippen LogP contribution in [0.4, 0.5) is 10.8 Å². The number of benzene rings is 2. The number of ether oxygens (including phenoxy) is 1. The fourth-order valence-corrected chi connectivity index (χ4v) is 4.42. The first-order chi connectivity index (χ1) is 13.5. The Hall–Kier alpha value is -2.29. The minimum Gasteiger partial charge on any atom is -0.497 e. The van der Waals surface area contributed by atoms with Crippen molar-refractivity contribution in [2.75, 3.05) is 12.4 Å². The Morgan fingerprint density at radius 3 is 2.68 bits per heavy atom. The maximum absolute atomic E-state index is 12.3. The summed E-state index contributed by atoms with van der Waals surface area (Å²) in [6.07, 6.45) is 0. The predicted octanol–water partition coefficient (Wildman–Crippen LogP) is 4.74. The van der Waals surface area contributed by atoms with Crippen LogP contribution in [-0.4, -0.2) is 28.5 Å². The van der Waals surface area contributed by atoms with E-state index in [1.807, 2.05) is 49.4 Å². The van der Waals surface area contributed by atoms with Gasteiger partial charge in [-0.15, -0.1) is 10.2 Å². The molecular formula is C19H19ClN4O2S2. The van der Waals surface area contributed by atoms with Gasteiger partial charge in [0.2, 0.25) is 11.0 Å². The number of hydrogen-bond acceptors (Lipinski definition) is 7. The van der Waals surface area contributed by atoms with E-state index < -0.39 is 0 Å². The van der Waals surface area contributed by atoms with Crippen molar-refractivity contribution in [2.45, 2.75) is 23.1 Å². The van der Waals surface area contributed by atoms with Gasteiger partial charge in [0.1, 0.15) is 5.75 Å². The molecule has 1 aromatic heterocycles. The molecule has 0 aliphatic carbocycles. The molecule has 0 spiro atoms. The first-order valence-electron chi connectivity index (χ1n) is 8.47. The normalized spacial score (nSPS) is 11.7. The lowest BCUT2D eigenvalue weighted by Gasteiger charge is -2.11. The van der Waals surface area contributed by atoms with Crippen molar-refractivity contribution in [1.82, 2.24) is 15.5 Å². The van der Waals surface area contributed by atoms with Crippen molar-refractivity contribution in [1.29, 1.82) is 0 Å². The second-order valence-corrected chi connectivity index (χ2v) is 8.77. The highest BCUT2D eigenvalue weighted by Gasteiger charge is 2.17. The van der Waals surface area contributed by atoms with Gasteiger partial charge in [0.15, 0.2) is 4.34 Å². The van der Waals surface area contributed by atoms with Gasteiger partial charge in [-0.2, -0.15) is 0 Å². The minimum atomic E-state index is -0.302. The van der Waals surface area contributed by atoms with E-state index in [0.717, 1.165) is 21.3 Å². The van der Waals surface area contributed by atoms with Crippen molar-refractivity contribution >= 4 is 51.4 Å². The quantitative estimate of drug-likeness (QED) is 0.498. The molecule has 28 heavy (non-hydrogen) atoms. The number of nitrogens with zero attached hydrogens (tertiary/aromatic N) is 2. The van der Waals surface area contributed by atoms with Crippen molar-refractivity contribution in [3.63, 3.8) is 0 Å². The molecule has 2 aromatic carbocycles. The predicted molar refractivity (Wildman–Crippen MR) is 115 cm³/mol. The number of thioether (sulfide) groups is 1. The van der Waals surface area contributed by atoms with Crippen LogP contribution in [0.1, 0.15) is 12.5 Å².